The average Bonchev–Trinajstić information content (AvgIpc) is 3.33. The van der Waals surface area contributed by atoms with Crippen LogP contribution >= 0.6 is 0 Å². The zero-order valence-corrected chi connectivity index (χ0v) is 17.7. The average molecular weight is 398 g/mol. The van der Waals surface area contributed by atoms with Crippen molar-refractivity contribution in [2.24, 2.45) is 11.1 Å². The molecule has 1 aromatic heterocycles. The molecule has 7 heteroatoms. The monoisotopic (exact) mass is 397 g/mol. The molecule has 7 nitrogen and oxygen atoms in total. The number of aryl methyl sites for hydroxylation is 1. The number of carbonyl (C=O) groups is 2. The van der Waals surface area contributed by atoms with Crippen LogP contribution < -0.4 is 11.1 Å². The molecule has 29 heavy (non-hydrogen) atoms. The van der Waals surface area contributed by atoms with Crippen molar-refractivity contribution in [1.82, 2.24) is 19.8 Å². The summed E-state index contributed by atoms with van der Waals surface area (Å²) in [6, 6.07) is 6.93. The lowest BCUT2D eigenvalue weighted by atomic mass is 9.86. The van der Waals surface area contributed by atoms with E-state index in [-0.39, 0.29) is 17.2 Å². The van der Waals surface area contributed by atoms with Gasteiger partial charge in [0.05, 0.1) is 6.04 Å². The summed E-state index contributed by atoms with van der Waals surface area (Å²) in [6.07, 6.45) is 5.18. The Morgan fingerprint density at radius 3 is 2.55 bits per heavy atom. The van der Waals surface area contributed by atoms with Crippen molar-refractivity contribution < 1.29 is 9.59 Å². The Kier molecular flexibility index (Phi) is 6.07. The zero-order valence-electron chi connectivity index (χ0n) is 17.7. The van der Waals surface area contributed by atoms with Gasteiger partial charge >= 0.3 is 0 Å². The standard InChI is InChI=1S/C22H31N5O2/c1-15-24-11-13-26(15)17-9-7-16(8-10-17)14-25-20(28)18-6-5-12-27(18)21(29)19(23)22(2,3)4/h7-11,13,18-19H,5-6,12,14,23H2,1-4H3,(H,25,28)/t18-,19+/m0/s1. The van der Waals surface area contributed by atoms with Gasteiger partial charge < -0.3 is 20.5 Å². The van der Waals surface area contributed by atoms with E-state index >= 15 is 0 Å². The minimum Gasteiger partial charge on any atom is -0.350 e. The summed E-state index contributed by atoms with van der Waals surface area (Å²) in [5.74, 6) is 0.659. The minimum absolute atomic E-state index is 0.119. The Hall–Kier alpha value is -2.67. The molecule has 3 N–H and O–H groups in total. The van der Waals surface area contributed by atoms with E-state index in [0.29, 0.717) is 19.5 Å². The van der Waals surface area contributed by atoms with Crippen LogP contribution in [-0.4, -0.2) is 44.9 Å². The fraction of sp³-hybridized carbons (Fsp3) is 0.500. The Balaban J connectivity index is 1.60. The Morgan fingerprint density at radius 1 is 1.28 bits per heavy atom. The van der Waals surface area contributed by atoms with E-state index in [1.165, 1.54) is 0 Å². The molecule has 156 valence electrons. The number of nitrogens with two attached hydrogens (primary N) is 1. The van der Waals surface area contributed by atoms with E-state index in [2.05, 4.69) is 10.3 Å². The predicted molar refractivity (Wildman–Crippen MR) is 112 cm³/mol. The molecule has 1 aliphatic heterocycles. The van der Waals surface area contributed by atoms with Gasteiger partial charge in [0.2, 0.25) is 11.8 Å². The van der Waals surface area contributed by atoms with Gasteiger partial charge in [-0.25, -0.2) is 4.98 Å². The summed E-state index contributed by atoms with van der Waals surface area (Å²) in [5, 5.41) is 2.98. The first-order chi connectivity index (χ1) is 13.7. The van der Waals surface area contributed by atoms with Crippen LogP contribution in [0, 0.1) is 12.3 Å². The van der Waals surface area contributed by atoms with E-state index in [0.717, 1.165) is 23.5 Å². The Morgan fingerprint density at radius 2 is 1.97 bits per heavy atom. The number of rotatable bonds is 5. The first-order valence-electron chi connectivity index (χ1n) is 10.1. The smallest absolute Gasteiger partial charge is 0.243 e. The van der Waals surface area contributed by atoms with Crippen molar-refractivity contribution in [1.29, 1.82) is 0 Å². The highest BCUT2D eigenvalue weighted by molar-refractivity contribution is 5.90. The highest BCUT2D eigenvalue weighted by Crippen LogP contribution is 2.24. The lowest BCUT2D eigenvalue weighted by Crippen LogP contribution is -2.54. The number of nitrogens with one attached hydrogen (secondary N) is 1. The third-order valence-corrected chi connectivity index (χ3v) is 5.54. The number of imidazole rings is 1. The van der Waals surface area contributed by atoms with Crippen molar-refractivity contribution in [2.45, 2.75) is 59.2 Å². The fourth-order valence-corrected chi connectivity index (χ4v) is 3.58. The van der Waals surface area contributed by atoms with Gasteiger partial charge in [0.15, 0.2) is 0 Å². The first kappa shape index (κ1) is 21.0. The quantitative estimate of drug-likeness (QED) is 0.809. The second-order valence-electron chi connectivity index (χ2n) is 8.76. The van der Waals surface area contributed by atoms with Crippen LogP contribution in [0.3, 0.4) is 0 Å². The Labute approximate surface area is 172 Å². The van der Waals surface area contributed by atoms with E-state index < -0.39 is 12.1 Å². The van der Waals surface area contributed by atoms with Crippen molar-refractivity contribution in [3.8, 4) is 5.69 Å². The third kappa shape index (κ3) is 4.67. The number of hydrogen-bond donors (Lipinski definition) is 2. The SMILES string of the molecule is Cc1nccn1-c1ccc(CNC(=O)[C@@H]2CCCN2C(=O)[C@@H](N)C(C)(C)C)cc1. The number of carbonyl (C=O) groups excluding carboxylic acids is 2. The largest absolute Gasteiger partial charge is 0.350 e. The van der Waals surface area contributed by atoms with Gasteiger partial charge in [-0.3, -0.25) is 9.59 Å². The van der Waals surface area contributed by atoms with Crippen LogP contribution in [0.25, 0.3) is 5.69 Å². The zero-order chi connectivity index (χ0) is 21.2. The summed E-state index contributed by atoms with van der Waals surface area (Å²) in [5.41, 5.74) is 7.83. The molecule has 2 heterocycles. The van der Waals surface area contributed by atoms with Crippen LogP contribution in [0.5, 0.6) is 0 Å². The van der Waals surface area contributed by atoms with E-state index in [9.17, 15) is 9.59 Å². The maximum absolute atomic E-state index is 12.8. The first-order valence-corrected chi connectivity index (χ1v) is 10.1. The lowest BCUT2D eigenvalue weighted by Gasteiger charge is -2.32. The lowest BCUT2D eigenvalue weighted by molar-refractivity contribution is -0.141. The van der Waals surface area contributed by atoms with Crippen LogP contribution in [0.2, 0.25) is 0 Å². The molecule has 3 rings (SSSR count). The van der Waals surface area contributed by atoms with Gasteiger partial charge in [0, 0.05) is 31.2 Å². The highest BCUT2D eigenvalue weighted by Gasteiger charge is 2.39. The molecule has 2 atom stereocenters. The molecule has 1 aromatic carbocycles. The molecule has 1 aliphatic rings. The van der Waals surface area contributed by atoms with Crippen LogP contribution in [0.4, 0.5) is 0 Å². The van der Waals surface area contributed by atoms with Gasteiger partial charge in [0.1, 0.15) is 11.9 Å². The second-order valence-corrected chi connectivity index (χ2v) is 8.76. The summed E-state index contributed by atoms with van der Waals surface area (Å²) in [7, 11) is 0. The molecular formula is C22H31N5O2. The number of aromatic nitrogens is 2. The molecule has 0 spiro atoms. The molecule has 0 radical (unpaired) electrons. The number of likely N-dealkylation sites (tertiary alicyclic amines) is 1. The van der Waals surface area contributed by atoms with E-state index in [1.54, 1.807) is 11.1 Å². The molecule has 0 bridgehead atoms. The van der Waals surface area contributed by atoms with E-state index in [4.69, 9.17) is 5.73 Å². The second kappa shape index (κ2) is 8.37. The van der Waals surface area contributed by atoms with Crippen LogP contribution in [0.1, 0.15) is 45.0 Å². The van der Waals surface area contributed by atoms with Crippen LogP contribution in [-0.2, 0) is 16.1 Å². The van der Waals surface area contributed by atoms with Crippen molar-refractivity contribution >= 4 is 11.8 Å². The number of benzene rings is 1. The van der Waals surface area contributed by atoms with Crippen molar-refractivity contribution in [3.05, 3.63) is 48.0 Å². The van der Waals surface area contributed by atoms with Gasteiger partial charge in [-0.1, -0.05) is 32.9 Å². The van der Waals surface area contributed by atoms with Crippen molar-refractivity contribution in [2.75, 3.05) is 6.54 Å². The number of amides is 2. The maximum Gasteiger partial charge on any atom is 0.243 e. The van der Waals surface area contributed by atoms with Crippen LogP contribution in [0.15, 0.2) is 36.7 Å². The van der Waals surface area contributed by atoms with Gasteiger partial charge in [-0.05, 0) is 42.9 Å². The minimum atomic E-state index is -0.616. The number of nitrogens with zero attached hydrogens (tertiary/aromatic N) is 3. The van der Waals surface area contributed by atoms with Gasteiger partial charge in [-0.15, -0.1) is 0 Å². The maximum atomic E-state index is 12.8. The summed E-state index contributed by atoms with van der Waals surface area (Å²) < 4.78 is 2.00. The third-order valence-electron chi connectivity index (χ3n) is 5.54. The normalized spacial score (nSPS) is 18.0. The molecular weight excluding hydrogens is 366 g/mol. The fourth-order valence-electron chi connectivity index (χ4n) is 3.58. The molecule has 1 saturated heterocycles. The molecule has 0 unspecified atom stereocenters. The Bertz CT molecular complexity index is 866. The summed E-state index contributed by atoms with van der Waals surface area (Å²) in [4.78, 5) is 31.4. The highest BCUT2D eigenvalue weighted by atomic mass is 16.2. The molecule has 1 fully saturated rings. The molecule has 0 aliphatic carbocycles. The molecule has 0 saturated carbocycles. The van der Waals surface area contributed by atoms with E-state index in [1.807, 2.05) is 62.7 Å². The van der Waals surface area contributed by atoms with Crippen molar-refractivity contribution in [3.63, 3.8) is 0 Å². The number of hydrogen-bond acceptors (Lipinski definition) is 4. The van der Waals surface area contributed by atoms with Gasteiger partial charge in [-0.2, -0.15) is 0 Å². The summed E-state index contributed by atoms with van der Waals surface area (Å²) >= 11 is 0. The molecule has 2 aromatic rings. The van der Waals surface area contributed by atoms with Gasteiger partial charge in [0.25, 0.3) is 0 Å². The molecule has 2 amide bonds. The summed E-state index contributed by atoms with van der Waals surface area (Å²) in [6.45, 7) is 8.78. The predicted octanol–water partition coefficient (Wildman–Crippen LogP) is 2.16. The topological polar surface area (TPSA) is 93.2 Å².